The van der Waals surface area contributed by atoms with Crippen molar-refractivity contribution in [2.24, 2.45) is 0 Å². The Balaban J connectivity index is 1.40. The second-order valence-corrected chi connectivity index (χ2v) is 9.40. The Morgan fingerprint density at radius 2 is 1.73 bits per heavy atom. The van der Waals surface area contributed by atoms with Crippen LogP contribution in [0.15, 0.2) is 72.8 Å². The zero-order chi connectivity index (χ0) is 25.8. The van der Waals surface area contributed by atoms with Gasteiger partial charge in [-0.05, 0) is 67.0 Å². The van der Waals surface area contributed by atoms with Gasteiger partial charge in [-0.1, -0.05) is 61.0 Å². The smallest absolute Gasteiger partial charge is 0.338 e. The quantitative estimate of drug-likeness (QED) is 0.251. The molecule has 0 aliphatic carbocycles. The first-order valence-electron chi connectivity index (χ1n) is 12.5. The number of hydrogen-bond donors (Lipinski definition) is 3. The number of aromatic amines is 1. The third kappa shape index (κ3) is 5.31. The van der Waals surface area contributed by atoms with Crippen molar-refractivity contribution < 1.29 is 19.1 Å². The van der Waals surface area contributed by atoms with E-state index in [4.69, 9.17) is 0 Å². The van der Waals surface area contributed by atoms with Gasteiger partial charge < -0.3 is 10.4 Å². The lowest BCUT2D eigenvalue weighted by Gasteiger charge is -2.25. The first-order chi connectivity index (χ1) is 18.0. The number of rotatable bonds is 9. The first-order valence-corrected chi connectivity index (χ1v) is 12.5. The normalized spacial score (nSPS) is 14.7. The maximum absolute atomic E-state index is 14.7. The second-order valence-electron chi connectivity index (χ2n) is 9.40. The Morgan fingerprint density at radius 3 is 2.51 bits per heavy atom. The number of aryl methyl sites for hydroxylation is 2. The molecule has 0 radical (unpaired) electrons. The van der Waals surface area contributed by atoms with Gasteiger partial charge in [-0.15, -0.1) is 0 Å². The summed E-state index contributed by atoms with van der Waals surface area (Å²) in [5.74, 6) is -2.29. The third-order valence-corrected chi connectivity index (χ3v) is 6.91. The highest BCUT2D eigenvalue weighted by Crippen LogP contribution is 2.35. The molecule has 3 aromatic carbocycles. The van der Waals surface area contributed by atoms with Gasteiger partial charge in [0.05, 0.1) is 17.3 Å². The summed E-state index contributed by atoms with van der Waals surface area (Å²) < 4.78 is 14.7. The Labute approximate surface area is 214 Å². The maximum atomic E-state index is 14.7. The Kier molecular flexibility index (Phi) is 7.12. The van der Waals surface area contributed by atoms with Crippen LogP contribution in [0.5, 0.6) is 0 Å². The van der Waals surface area contributed by atoms with E-state index >= 15 is 0 Å². The highest BCUT2D eigenvalue weighted by Gasteiger charge is 2.30. The van der Waals surface area contributed by atoms with Crippen molar-refractivity contribution in [3.63, 3.8) is 0 Å². The highest BCUT2D eigenvalue weighted by atomic mass is 19.1. The van der Waals surface area contributed by atoms with Gasteiger partial charge in [0.15, 0.2) is 0 Å². The monoisotopic (exact) mass is 497 g/mol. The van der Waals surface area contributed by atoms with Gasteiger partial charge in [0.1, 0.15) is 5.82 Å². The molecule has 1 aliphatic heterocycles. The molecule has 2 heterocycles. The Bertz CT molecular complexity index is 1430. The van der Waals surface area contributed by atoms with Crippen molar-refractivity contribution >= 4 is 11.9 Å². The van der Waals surface area contributed by atoms with Crippen LogP contribution < -0.4 is 5.32 Å². The number of amides is 1. The molecule has 0 saturated carbocycles. The number of nitrogens with one attached hydrogen (secondary N) is 2. The van der Waals surface area contributed by atoms with E-state index in [1.165, 1.54) is 17.7 Å². The molecule has 0 fully saturated rings. The summed E-state index contributed by atoms with van der Waals surface area (Å²) in [5.41, 5.74) is 5.26. The van der Waals surface area contributed by atoms with Crippen LogP contribution in [-0.4, -0.2) is 27.2 Å². The Morgan fingerprint density at radius 1 is 0.973 bits per heavy atom. The average molecular weight is 498 g/mol. The van der Waals surface area contributed by atoms with Gasteiger partial charge in [0.25, 0.3) is 5.91 Å². The van der Waals surface area contributed by atoms with Gasteiger partial charge in [0.2, 0.25) is 0 Å². The molecule has 0 spiro atoms. The van der Waals surface area contributed by atoms with Crippen molar-refractivity contribution in [1.82, 2.24) is 15.5 Å². The number of nitrogens with zero attached hydrogens (tertiary/aromatic N) is 1. The molecule has 6 nitrogen and oxygen atoms in total. The number of carbonyl (C=O) groups is 2. The molecule has 1 unspecified atom stereocenters. The zero-order valence-corrected chi connectivity index (χ0v) is 20.3. The number of benzene rings is 3. The van der Waals surface area contributed by atoms with Crippen molar-refractivity contribution in [2.75, 3.05) is 0 Å². The summed E-state index contributed by atoms with van der Waals surface area (Å²) in [6, 6.07) is 21.6. The summed E-state index contributed by atoms with van der Waals surface area (Å²) in [7, 11) is 0. The number of unbranched alkanes of at least 4 members (excludes halogenated alkanes) is 2. The molecule has 188 valence electrons. The lowest BCUT2D eigenvalue weighted by Crippen LogP contribution is -2.35. The number of H-pyrrole nitrogens is 1. The number of aromatic nitrogens is 2. The predicted molar refractivity (Wildman–Crippen MR) is 139 cm³/mol. The van der Waals surface area contributed by atoms with Crippen molar-refractivity contribution in [1.29, 1.82) is 0 Å². The van der Waals surface area contributed by atoms with Crippen LogP contribution >= 0.6 is 0 Å². The number of aromatic carboxylic acids is 1. The molecule has 37 heavy (non-hydrogen) atoms. The predicted octanol–water partition coefficient (Wildman–Crippen LogP) is 5.90. The molecule has 1 amide bonds. The lowest BCUT2D eigenvalue weighted by atomic mass is 9.89. The summed E-state index contributed by atoms with van der Waals surface area (Å²) in [4.78, 5) is 24.1. The number of hydrogen-bond acceptors (Lipinski definition) is 3. The van der Waals surface area contributed by atoms with Crippen LogP contribution in [0.4, 0.5) is 4.39 Å². The van der Waals surface area contributed by atoms with Gasteiger partial charge in [0, 0.05) is 16.8 Å². The largest absolute Gasteiger partial charge is 0.478 e. The maximum Gasteiger partial charge on any atom is 0.338 e. The first kappa shape index (κ1) is 24.4. The molecule has 0 saturated heterocycles. The number of halogens is 1. The molecule has 1 aromatic heterocycles. The topological polar surface area (TPSA) is 95.1 Å². The number of carboxylic acids is 1. The molecule has 4 aromatic rings. The minimum absolute atomic E-state index is 0.171. The summed E-state index contributed by atoms with van der Waals surface area (Å²) in [5, 5.41) is 20.0. The minimum atomic E-state index is -1.31. The second kappa shape index (κ2) is 10.8. The van der Waals surface area contributed by atoms with E-state index in [1.807, 2.05) is 36.4 Å². The molecule has 3 N–H and O–H groups in total. The fourth-order valence-electron chi connectivity index (χ4n) is 5.04. The van der Waals surface area contributed by atoms with E-state index in [9.17, 15) is 19.1 Å². The summed E-state index contributed by atoms with van der Waals surface area (Å²) in [6.07, 6.45) is 5.26. The van der Waals surface area contributed by atoms with E-state index in [-0.39, 0.29) is 17.5 Å². The van der Waals surface area contributed by atoms with Crippen LogP contribution in [0.2, 0.25) is 0 Å². The molecule has 1 atom stereocenters. The number of carbonyl (C=O) groups excluding carboxylic acids is 1. The van der Waals surface area contributed by atoms with Gasteiger partial charge >= 0.3 is 5.97 Å². The van der Waals surface area contributed by atoms with Gasteiger partial charge in [-0.25, -0.2) is 9.18 Å². The van der Waals surface area contributed by atoms with E-state index in [1.54, 1.807) is 12.1 Å². The average Bonchev–Trinajstić information content (AvgIpc) is 3.33. The van der Waals surface area contributed by atoms with Crippen LogP contribution in [-0.2, 0) is 19.3 Å². The van der Waals surface area contributed by atoms with Crippen molar-refractivity contribution in [2.45, 2.75) is 44.6 Å². The van der Waals surface area contributed by atoms with Crippen LogP contribution in [0.3, 0.4) is 0 Å². The zero-order valence-electron chi connectivity index (χ0n) is 20.3. The van der Waals surface area contributed by atoms with Crippen LogP contribution in [0, 0.1) is 5.82 Å². The van der Waals surface area contributed by atoms with E-state index < -0.39 is 11.8 Å². The lowest BCUT2D eigenvalue weighted by molar-refractivity contribution is 0.0691. The molecule has 7 heteroatoms. The standard InChI is InChI=1S/C30H28FN3O3/c31-24-17-21(15-16-23(24)30(36)37)27-25(14-6-2-5-11-19-9-3-1-4-10-19)33-34-28(27)26-18-20-12-7-8-13-22(20)29(35)32-26/h1,3-4,7-10,12-13,15-17,26H,2,5-6,11,14,18H2,(H,32,35)(H,33,34)(H,36,37). The van der Waals surface area contributed by atoms with Crippen LogP contribution in [0.1, 0.15) is 68.5 Å². The fourth-order valence-corrected chi connectivity index (χ4v) is 5.04. The third-order valence-electron chi connectivity index (χ3n) is 6.91. The van der Waals surface area contributed by atoms with Crippen molar-refractivity contribution in [3.8, 4) is 11.1 Å². The molecule has 5 rings (SSSR count). The van der Waals surface area contributed by atoms with Crippen molar-refractivity contribution in [3.05, 3.63) is 112 Å². The van der Waals surface area contributed by atoms with E-state index in [0.29, 0.717) is 29.7 Å². The highest BCUT2D eigenvalue weighted by molar-refractivity contribution is 5.97. The van der Waals surface area contributed by atoms with Gasteiger partial charge in [-0.2, -0.15) is 5.10 Å². The van der Waals surface area contributed by atoms with E-state index in [2.05, 4.69) is 27.6 Å². The minimum Gasteiger partial charge on any atom is -0.478 e. The van der Waals surface area contributed by atoms with Gasteiger partial charge in [-0.3, -0.25) is 9.89 Å². The van der Waals surface area contributed by atoms with Crippen LogP contribution in [0.25, 0.3) is 11.1 Å². The Hall–Kier alpha value is -4.26. The molecule has 0 bridgehead atoms. The SMILES string of the molecule is O=C(O)c1ccc(-c2c(C3Cc4ccccc4C(=O)N3)n[nH]c2CCCCCc2ccccc2)cc1F. The summed E-state index contributed by atoms with van der Waals surface area (Å²) >= 11 is 0. The fraction of sp³-hybridized carbons (Fsp3) is 0.233. The molecule has 1 aliphatic rings. The number of carboxylic acid groups (broad SMARTS) is 1. The number of fused-ring (bicyclic) bond motifs is 1. The molecular weight excluding hydrogens is 469 g/mol. The molecular formula is C30H28FN3O3. The summed E-state index contributed by atoms with van der Waals surface area (Å²) in [6.45, 7) is 0. The van der Waals surface area contributed by atoms with E-state index in [0.717, 1.165) is 42.5 Å².